The number of hydrogen-bond donors (Lipinski definition) is 1. The number of carbonyl (C=O) groups excluding carboxylic acids is 2. The van der Waals surface area contributed by atoms with Crippen LogP contribution >= 0.6 is 0 Å². The van der Waals surface area contributed by atoms with E-state index in [1.54, 1.807) is 11.9 Å². The number of nitrogens with one attached hydrogen (secondary N) is 1. The van der Waals surface area contributed by atoms with Crippen LogP contribution in [0.25, 0.3) is 0 Å². The summed E-state index contributed by atoms with van der Waals surface area (Å²) in [6, 6.07) is 9.51. The van der Waals surface area contributed by atoms with E-state index in [4.69, 9.17) is 0 Å². The summed E-state index contributed by atoms with van der Waals surface area (Å²) in [6.07, 6.45) is 1.19. The van der Waals surface area contributed by atoms with Crippen LogP contribution in [0.15, 0.2) is 30.3 Å². The highest BCUT2D eigenvalue weighted by Crippen LogP contribution is 2.11. The van der Waals surface area contributed by atoms with Gasteiger partial charge in [-0.1, -0.05) is 18.2 Å². The molecule has 0 aliphatic carbocycles. The van der Waals surface area contributed by atoms with Gasteiger partial charge in [0.25, 0.3) is 5.91 Å². The average Bonchev–Trinajstić information content (AvgIpc) is 2.48. The highest BCUT2D eigenvalue weighted by Gasteiger charge is 2.25. The summed E-state index contributed by atoms with van der Waals surface area (Å²) in [5.74, 6) is -1.25. The molecule has 108 valence electrons. The first kappa shape index (κ1) is 14.5. The van der Waals surface area contributed by atoms with Gasteiger partial charge in [0, 0.05) is 37.5 Å². The molecule has 0 saturated carbocycles. The number of nitrogens with zero attached hydrogens (tertiary/aromatic N) is 1. The van der Waals surface area contributed by atoms with Gasteiger partial charge in [-0.2, -0.15) is 0 Å². The Morgan fingerprint density at radius 2 is 1.85 bits per heavy atom. The third kappa shape index (κ3) is 3.57. The molecule has 1 fully saturated rings. The van der Waals surface area contributed by atoms with Gasteiger partial charge in [-0.3, -0.25) is 4.79 Å². The van der Waals surface area contributed by atoms with Gasteiger partial charge in [-0.05, 0) is 12.1 Å². The Labute approximate surface area is 118 Å². The van der Waals surface area contributed by atoms with E-state index in [1.165, 1.54) is 0 Å². The molecule has 5 nitrogen and oxygen atoms in total. The Bertz CT molecular complexity index is 467. The molecule has 1 aliphatic rings. The smallest absolute Gasteiger partial charge is 0.281 e. The molecule has 2 rings (SSSR count). The predicted molar refractivity (Wildman–Crippen MR) is 73.1 cm³/mol. The topological polar surface area (TPSA) is 64.9 Å². The van der Waals surface area contributed by atoms with Crippen molar-refractivity contribution >= 4 is 17.6 Å². The fraction of sp³-hybridized carbons (Fsp3) is 0.467. The van der Waals surface area contributed by atoms with Crippen molar-refractivity contribution in [3.8, 4) is 0 Å². The molecule has 5 heteroatoms. The summed E-state index contributed by atoms with van der Waals surface area (Å²) in [5.41, 5.74) is 0.876. The molecular formula is C15H20N2O3. The molecular weight excluding hydrogens is 256 g/mol. The quantitative estimate of drug-likeness (QED) is 0.743. The van der Waals surface area contributed by atoms with Crippen molar-refractivity contribution in [3.05, 3.63) is 30.3 Å². The number of hydrogen-bond acceptors (Lipinski definition) is 3. The Kier molecular flexibility index (Phi) is 4.74. The van der Waals surface area contributed by atoms with E-state index in [9.17, 15) is 14.7 Å². The first-order chi connectivity index (χ1) is 9.58. The van der Waals surface area contributed by atoms with Gasteiger partial charge in [0.05, 0.1) is 13.1 Å². The summed E-state index contributed by atoms with van der Waals surface area (Å²) in [6.45, 7) is 1.84. The van der Waals surface area contributed by atoms with Crippen molar-refractivity contribution in [2.45, 2.75) is 12.8 Å². The first-order valence-corrected chi connectivity index (χ1v) is 6.94. The molecule has 1 aromatic carbocycles. The van der Waals surface area contributed by atoms with Gasteiger partial charge in [0.15, 0.2) is 6.54 Å². The second-order valence-corrected chi connectivity index (χ2v) is 5.31. The highest BCUT2D eigenvalue weighted by atomic mass is 16.4. The molecule has 0 aromatic heterocycles. The lowest BCUT2D eigenvalue weighted by molar-refractivity contribution is -0.897. The van der Waals surface area contributed by atoms with Gasteiger partial charge in [0.2, 0.25) is 0 Å². The largest absolute Gasteiger partial charge is 0.550 e. The number of carbonyl (C=O) groups is 2. The number of anilines is 1. The van der Waals surface area contributed by atoms with Crippen LogP contribution in [-0.2, 0) is 9.59 Å². The lowest BCUT2D eigenvalue weighted by atomic mass is 9.97. The number of para-hydroxylation sites is 1. The van der Waals surface area contributed by atoms with Crippen LogP contribution in [0, 0.1) is 5.92 Å². The summed E-state index contributed by atoms with van der Waals surface area (Å²) in [5, 5.41) is 10.8. The maximum atomic E-state index is 12.2. The molecule has 0 radical (unpaired) electrons. The predicted octanol–water partition coefficient (Wildman–Crippen LogP) is -1.31. The summed E-state index contributed by atoms with van der Waals surface area (Å²) in [4.78, 5) is 25.8. The van der Waals surface area contributed by atoms with Gasteiger partial charge < -0.3 is 19.7 Å². The van der Waals surface area contributed by atoms with Gasteiger partial charge in [-0.25, -0.2) is 0 Å². The molecule has 1 aliphatic heterocycles. The number of aliphatic carboxylic acids is 1. The fourth-order valence-electron chi connectivity index (χ4n) is 2.57. The Balaban J connectivity index is 1.85. The Hall–Kier alpha value is -1.88. The Morgan fingerprint density at radius 3 is 2.40 bits per heavy atom. The zero-order valence-corrected chi connectivity index (χ0v) is 11.7. The van der Waals surface area contributed by atoms with E-state index in [1.807, 2.05) is 30.3 Å². The van der Waals surface area contributed by atoms with Crippen molar-refractivity contribution in [2.75, 3.05) is 31.6 Å². The minimum atomic E-state index is -0.961. The molecule has 20 heavy (non-hydrogen) atoms. The van der Waals surface area contributed by atoms with Crippen LogP contribution in [0.2, 0.25) is 0 Å². The number of quaternary nitrogens is 1. The Morgan fingerprint density at radius 1 is 1.25 bits per heavy atom. The maximum absolute atomic E-state index is 12.2. The van der Waals surface area contributed by atoms with Crippen LogP contribution in [-0.4, -0.2) is 38.6 Å². The molecule has 0 atom stereocenters. The van der Waals surface area contributed by atoms with Gasteiger partial charge in [-0.15, -0.1) is 0 Å². The zero-order chi connectivity index (χ0) is 14.5. The van der Waals surface area contributed by atoms with Crippen molar-refractivity contribution in [1.82, 2.24) is 0 Å². The SMILES string of the molecule is CN(C(=O)C[NH+]1CCC(C(=O)[O-])CC1)c1ccccc1. The summed E-state index contributed by atoms with van der Waals surface area (Å²) < 4.78 is 0. The molecule has 1 saturated heterocycles. The molecule has 0 unspecified atom stereocenters. The van der Waals surface area contributed by atoms with Crippen molar-refractivity contribution in [3.63, 3.8) is 0 Å². The van der Waals surface area contributed by atoms with Crippen LogP contribution < -0.4 is 14.9 Å². The summed E-state index contributed by atoms with van der Waals surface area (Å²) >= 11 is 0. The monoisotopic (exact) mass is 276 g/mol. The minimum absolute atomic E-state index is 0.0538. The molecule has 0 bridgehead atoms. The number of benzene rings is 1. The maximum Gasteiger partial charge on any atom is 0.281 e. The molecule has 1 aromatic rings. The minimum Gasteiger partial charge on any atom is -0.550 e. The standard InChI is InChI=1S/C15H20N2O3/c1-16(13-5-3-2-4-6-13)14(18)11-17-9-7-12(8-10-17)15(19)20/h2-6,12H,7-11H2,1H3,(H,19,20). The van der Waals surface area contributed by atoms with Crippen LogP contribution in [0.3, 0.4) is 0 Å². The van der Waals surface area contributed by atoms with E-state index in [2.05, 4.69) is 0 Å². The van der Waals surface area contributed by atoms with E-state index >= 15 is 0 Å². The second-order valence-electron chi connectivity index (χ2n) is 5.31. The lowest BCUT2D eigenvalue weighted by Crippen LogP contribution is -3.14. The number of likely N-dealkylation sites (tertiary alicyclic amines) is 1. The number of carboxylic acid groups (broad SMARTS) is 1. The van der Waals surface area contributed by atoms with E-state index in [-0.39, 0.29) is 11.8 Å². The number of carboxylic acids is 1. The normalized spacial score (nSPS) is 22.2. The second kappa shape index (κ2) is 6.52. The van der Waals surface area contributed by atoms with Crippen molar-refractivity contribution in [2.24, 2.45) is 5.92 Å². The lowest BCUT2D eigenvalue weighted by Gasteiger charge is -2.30. The number of likely N-dealkylation sites (N-methyl/N-ethyl adjacent to an activating group) is 1. The fourth-order valence-corrected chi connectivity index (χ4v) is 2.57. The zero-order valence-electron chi connectivity index (χ0n) is 11.7. The molecule has 1 amide bonds. The van der Waals surface area contributed by atoms with Crippen molar-refractivity contribution in [1.29, 1.82) is 0 Å². The van der Waals surface area contributed by atoms with Crippen LogP contribution in [0.4, 0.5) is 5.69 Å². The number of rotatable bonds is 4. The van der Waals surface area contributed by atoms with Gasteiger partial charge in [0.1, 0.15) is 0 Å². The van der Waals surface area contributed by atoms with E-state index in [0.29, 0.717) is 32.5 Å². The molecule has 1 N–H and O–H groups in total. The van der Waals surface area contributed by atoms with E-state index < -0.39 is 5.97 Å². The van der Waals surface area contributed by atoms with Crippen LogP contribution in [0.5, 0.6) is 0 Å². The van der Waals surface area contributed by atoms with E-state index in [0.717, 1.165) is 10.6 Å². The first-order valence-electron chi connectivity index (χ1n) is 6.94. The third-order valence-electron chi connectivity index (χ3n) is 3.94. The highest BCUT2D eigenvalue weighted by molar-refractivity contribution is 5.93. The number of piperidine rings is 1. The van der Waals surface area contributed by atoms with Crippen molar-refractivity contribution < 1.29 is 19.6 Å². The third-order valence-corrected chi connectivity index (χ3v) is 3.94. The average molecular weight is 276 g/mol. The van der Waals surface area contributed by atoms with Crippen LogP contribution in [0.1, 0.15) is 12.8 Å². The number of amides is 1. The van der Waals surface area contributed by atoms with Gasteiger partial charge >= 0.3 is 0 Å². The molecule has 0 spiro atoms. The molecule has 1 heterocycles. The summed E-state index contributed by atoms with van der Waals surface area (Å²) in [7, 11) is 1.77.